The van der Waals surface area contributed by atoms with Crippen LogP contribution in [0.2, 0.25) is 0 Å². The normalized spacial score (nSPS) is 10.3. The fraction of sp³-hybridized carbons (Fsp3) is 0.267. The third-order valence-corrected chi connectivity index (χ3v) is 4.05. The number of aryl methyl sites for hydroxylation is 1. The van der Waals surface area contributed by atoms with Crippen molar-refractivity contribution in [3.8, 4) is 11.5 Å². The van der Waals surface area contributed by atoms with E-state index in [1.807, 2.05) is 6.07 Å². The van der Waals surface area contributed by atoms with E-state index in [4.69, 9.17) is 14.6 Å². The van der Waals surface area contributed by atoms with Gasteiger partial charge in [0.1, 0.15) is 6.61 Å². The summed E-state index contributed by atoms with van der Waals surface area (Å²) in [6.45, 7) is 2.51. The number of methoxy groups -OCH3 is 1. The van der Waals surface area contributed by atoms with Crippen LogP contribution < -0.4 is 9.47 Å². The molecule has 0 spiro atoms. The molecule has 2 rings (SSSR count). The Bertz CT molecular complexity index is 604. The third-order valence-electron chi connectivity index (χ3n) is 2.85. The molecular weight excluding hydrogens is 276 g/mol. The summed E-state index contributed by atoms with van der Waals surface area (Å²) >= 11 is 1.69. The van der Waals surface area contributed by atoms with Gasteiger partial charge in [0.05, 0.1) is 12.7 Å². The largest absolute Gasteiger partial charge is 0.493 e. The fourth-order valence-corrected chi connectivity index (χ4v) is 2.63. The summed E-state index contributed by atoms with van der Waals surface area (Å²) in [5.74, 6) is -0.0111. The monoisotopic (exact) mass is 292 g/mol. The van der Waals surface area contributed by atoms with Crippen LogP contribution >= 0.6 is 11.3 Å². The molecule has 2 aromatic rings. The molecular formula is C15H16O4S. The summed E-state index contributed by atoms with van der Waals surface area (Å²) in [4.78, 5) is 13.4. The first-order valence-corrected chi connectivity index (χ1v) is 7.07. The van der Waals surface area contributed by atoms with Gasteiger partial charge in [0.2, 0.25) is 0 Å². The maximum atomic E-state index is 11.0. The zero-order valence-electron chi connectivity index (χ0n) is 11.4. The lowest BCUT2D eigenvalue weighted by Gasteiger charge is -2.10. The van der Waals surface area contributed by atoms with E-state index in [0.29, 0.717) is 18.1 Å². The minimum Gasteiger partial charge on any atom is -0.493 e. The van der Waals surface area contributed by atoms with Gasteiger partial charge in [0.25, 0.3) is 0 Å². The first-order chi connectivity index (χ1) is 9.63. The summed E-state index contributed by atoms with van der Waals surface area (Å²) in [6, 6.07) is 8.68. The number of ether oxygens (including phenoxy) is 2. The molecule has 5 heteroatoms. The maximum Gasteiger partial charge on any atom is 0.335 e. The summed E-state index contributed by atoms with van der Waals surface area (Å²) in [7, 11) is 1.53. The molecule has 1 aromatic heterocycles. The molecule has 0 fully saturated rings. The van der Waals surface area contributed by atoms with Crippen LogP contribution in [0.3, 0.4) is 0 Å². The lowest BCUT2D eigenvalue weighted by atomic mass is 10.2. The molecule has 0 aliphatic heterocycles. The van der Waals surface area contributed by atoms with Gasteiger partial charge in [-0.05, 0) is 36.8 Å². The number of hydrogen-bond donors (Lipinski definition) is 1. The van der Waals surface area contributed by atoms with Crippen LogP contribution in [0.5, 0.6) is 11.5 Å². The topological polar surface area (TPSA) is 55.8 Å². The van der Waals surface area contributed by atoms with E-state index in [1.165, 1.54) is 24.1 Å². The van der Waals surface area contributed by atoms with Gasteiger partial charge in [0, 0.05) is 9.75 Å². The van der Waals surface area contributed by atoms with Crippen LogP contribution in [-0.4, -0.2) is 18.2 Å². The van der Waals surface area contributed by atoms with Gasteiger partial charge in [0.15, 0.2) is 11.5 Å². The lowest BCUT2D eigenvalue weighted by molar-refractivity contribution is 0.0696. The van der Waals surface area contributed by atoms with E-state index in [-0.39, 0.29) is 5.56 Å². The molecule has 0 radical (unpaired) electrons. The Morgan fingerprint density at radius 1 is 1.20 bits per heavy atom. The minimum absolute atomic E-state index is 0.182. The first kappa shape index (κ1) is 14.4. The molecule has 20 heavy (non-hydrogen) atoms. The van der Waals surface area contributed by atoms with Crippen molar-refractivity contribution < 1.29 is 19.4 Å². The number of carboxylic acids is 1. The van der Waals surface area contributed by atoms with Crippen molar-refractivity contribution in [2.75, 3.05) is 7.11 Å². The van der Waals surface area contributed by atoms with Crippen molar-refractivity contribution in [2.45, 2.75) is 20.0 Å². The predicted molar refractivity (Wildman–Crippen MR) is 78.0 cm³/mol. The van der Waals surface area contributed by atoms with Crippen LogP contribution in [0.25, 0.3) is 0 Å². The quantitative estimate of drug-likeness (QED) is 0.884. The van der Waals surface area contributed by atoms with Crippen molar-refractivity contribution in [3.63, 3.8) is 0 Å². The van der Waals surface area contributed by atoms with Crippen LogP contribution in [-0.2, 0) is 13.0 Å². The SMILES string of the molecule is CCc1ccc(COc2cc(C(=O)O)ccc2OC)s1. The van der Waals surface area contributed by atoms with Gasteiger partial charge in [-0.1, -0.05) is 6.92 Å². The van der Waals surface area contributed by atoms with Gasteiger partial charge < -0.3 is 14.6 Å². The van der Waals surface area contributed by atoms with E-state index >= 15 is 0 Å². The molecule has 0 unspecified atom stereocenters. The first-order valence-electron chi connectivity index (χ1n) is 6.25. The number of hydrogen-bond acceptors (Lipinski definition) is 4. The van der Waals surface area contributed by atoms with Gasteiger partial charge in [-0.25, -0.2) is 4.79 Å². The second kappa shape index (κ2) is 6.43. The van der Waals surface area contributed by atoms with Crippen LogP contribution in [0, 0.1) is 0 Å². The van der Waals surface area contributed by atoms with Gasteiger partial charge >= 0.3 is 5.97 Å². The Morgan fingerprint density at radius 2 is 1.95 bits per heavy atom. The molecule has 0 amide bonds. The summed E-state index contributed by atoms with van der Waals surface area (Å²) in [5, 5.41) is 9.00. The smallest absolute Gasteiger partial charge is 0.335 e. The third kappa shape index (κ3) is 3.30. The van der Waals surface area contributed by atoms with Crippen molar-refractivity contribution in [1.82, 2.24) is 0 Å². The highest BCUT2D eigenvalue weighted by Gasteiger charge is 2.10. The lowest BCUT2D eigenvalue weighted by Crippen LogP contribution is -2.00. The Hall–Kier alpha value is -2.01. The molecule has 0 aliphatic carbocycles. The Morgan fingerprint density at radius 3 is 2.55 bits per heavy atom. The number of carbonyl (C=O) groups is 1. The number of rotatable bonds is 6. The molecule has 106 valence electrons. The highest BCUT2D eigenvalue weighted by atomic mass is 32.1. The van der Waals surface area contributed by atoms with Crippen LogP contribution in [0.1, 0.15) is 27.0 Å². The number of aromatic carboxylic acids is 1. The minimum atomic E-state index is -0.984. The van der Waals surface area contributed by atoms with E-state index in [1.54, 1.807) is 17.4 Å². The zero-order chi connectivity index (χ0) is 14.5. The van der Waals surface area contributed by atoms with Gasteiger partial charge in [-0.2, -0.15) is 0 Å². The number of carboxylic acid groups (broad SMARTS) is 1. The van der Waals surface area contributed by atoms with Crippen molar-refractivity contribution in [3.05, 3.63) is 45.6 Å². The molecule has 1 heterocycles. The maximum absolute atomic E-state index is 11.0. The van der Waals surface area contributed by atoms with Crippen molar-refractivity contribution in [1.29, 1.82) is 0 Å². The van der Waals surface area contributed by atoms with Crippen molar-refractivity contribution >= 4 is 17.3 Å². The standard InChI is InChI=1S/C15H16O4S/c1-3-11-5-6-12(20-11)9-19-14-8-10(15(16)17)4-7-13(14)18-2/h4-8H,3,9H2,1-2H3,(H,16,17). The summed E-state index contributed by atoms with van der Waals surface area (Å²) in [5.41, 5.74) is 0.182. The molecule has 0 atom stereocenters. The molecule has 4 nitrogen and oxygen atoms in total. The average Bonchev–Trinajstić information content (AvgIpc) is 2.92. The predicted octanol–water partition coefficient (Wildman–Crippen LogP) is 3.60. The fourth-order valence-electron chi connectivity index (χ4n) is 1.76. The highest BCUT2D eigenvalue weighted by molar-refractivity contribution is 7.11. The van der Waals surface area contributed by atoms with E-state index in [9.17, 15) is 4.79 Å². The Labute approximate surface area is 121 Å². The second-order valence-electron chi connectivity index (χ2n) is 4.18. The highest BCUT2D eigenvalue weighted by Crippen LogP contribution is 2.29. The molecule has 0 aliphatic rings. The van der Waals surface area contributed by atoms with E-state index in [0.717, 1.165) is 11.3 Å². The van der Waals surface area contributed by atoms with Crippen molar-refractivity contribution in [2.24, 2.45) is 0 Å². The molecule has 0 bridgehead atoms. The summed E-state index contributed by atoms with van der Waals surface area (Å²) in [6.07, 6.45) is 1.00. The number of benzene rings is 1. The van der Waals surface area contributed by atoms with Gasteiger partial charge in [-0.3, -0.25) is 0 Å². The Balaban J connectivity index is 2.14. The second-order valence-corrected chi connectivity index (χ2v) is 5.43. The number of thiophene rings is 1. The molecule has 0 saturated heterocycles. The van der Waals surface area contributed by atoms with E-state index < -0.39 is 5.97 Å². The molecule has 1 aromatic carbocycles. The molecule has 0 saturated carbocycles. The zero-order valence-corrected chi connectivity index (χ0v) is 12.2. The van der Waals surface area contributed by atoms with Crippen LogP contribution in [0.15, 0.2) is 30.3 Å². The Kier molecular flexibility index (Phi) is 4.63. The van der Waals surface area contributed by atoms with Gasteiger partial charge in [-0.15, -0.1) is 11.3 Å². The van der Waals surface area contributed by atoms with Crippen LogP contribution in [0.4, 0.5) is 0 Å². The molecule has 1 N–H and O–H groups in total. The average molecular weight is 292 g/mol. The van der Waals surface area contributed by atoms with E-state index in [2.05, 4.69) is 13.0 Å². The summed E-state index contributed by atoms with van der Waals surface area (Å²) < 4.78 is 10.9.